The molecule has 0 radical (unpaired) electrons. The Labute approximate surface area is 224 Å². The van der Waals surface area contributed by atoms with E-state index in [2.05, 4.69) is 25.9 Å². The molecule has 1 atom stereocenters. The second kappa shape index (κ2) is 11.0. The molecular formula is C29H27N7OS. The molecule has 0 bridgehead atoms. The maximum absolute atomic E-state index is 13.5. The van der Waals surface area contributed by atoms with Gasteiger partial charge in [0, 0.05) is 29.9 Å². The zero-order valence-corrected chi connectivity index (χ0v) is 21.5. The van der Waals surface area contributed by atoms with E-state index in [1.54, 1.807) is 12.3 Å². The lowest BCUT2D eigenvalue weighted by Crippen LogP contribution is -2.33. The third-order valence-corrected chi connectivity index (χ3v) is 7.55. The maximum Gasteiger partial charge on any atom is 0.274 e. The van der Waals surface area contributed by atoms with Gasteiger partial charge in [-0.25, -0.2) is 19.9 Å². The molecule has 3 aromatic heterocycles. The van der Waals surface area contributed by atoms with Crippen molar-refractivity contribution < 1.29 is 4.79 Å². The Balaban J connectivity index is 1.29. The first kappa shape index (κ1) is 24.1. The van der Waals surface area contributed by atoms with E-state index >= 15 is 0 Å². The molecule has 5 aromatic rings. The van der Waals surface area contributed by atoms with E-state index < -0.39 is 0 Å². The zero-order valence-electron chi connectivity index (χ0n) is 20.7. The average Bonchev–Trinajstić information content (AvgIpc) is 3.41. The van der Waals surface area contributed by atoms with Gasteiger partial charge >= 0.3 is 0 Å². The number of benzene rings is 2. The largest absolute Gasteiger partial charge is 0.370 e. The molecule has 1 saturated heterocycles. The van der Waals surface area contributed by atoms with E-state index in [4.69, 9.17) is 9.97 Å². The van der Waals surface area contributed by atoms with E-state index in [1.807, 2.05) is 66.7 Å². The van der Waals surface area contributed by atoms with Crippen LogP contribution in [0.4, 0.5) is 11.5 Å². The standard InChI is InChI=1S/C29H27N7OS/c37-27(34-22-12-5-4-11-21(22)28-35-23-13-7-15-31-29(23)38-28)24-16-25(32-18-19-8-6-14-30-17-19)36-26(33-24)20-9-2-1-3-10-20/h1-5,7,9-13,15-16,19,30H,6,8,14,17-18H2,(H,34,37)(H,32,33,36). The second-order valence-electron chi connectivity index (χ2n) is 9.27. The quantitative estimate of drug-likeness (QED) is 0.260. The number of nitrogens with zero attached hydrogens (tertiary/aromatic N) is 4. The fraction of sp³-hybridized carbons (Fsp3) is 0.207. The molecule has 1 unspecified atom stereocenters. The zero-order chi connectivity index (χ0) is 25.7. The lowest BCUT2D eigenvalue weighted by atomic mass is 10.00. The number of pyridine rings is 1. The Hall–Kier alpha value is -4.21. The number of hydrogen-bond donors (Lipinski definition) is 3. The number of carbonyl (C=O) groups is 1. The summed E-state index contributed by atoms with van der Waals surface area (Å²) in [6.07, 6.45) is 4.10. The van der Waals surface area contributed by atoms with Gasteiger partial charge in [-0.05, 0) is 56.1 Å². The molecule has 1 aliphatic rings. The highest BCUT2D eigenvalue weighted by molar-refractivity contribution is 7.21. The second-order valence-corrected chi connectivity index (χ2v) is 10.2. The lowest BCUT2D eigenvalue weighted by Gasteiger charge is -2.23. The normalized spacial score (nSPS) is 15.3. The summed E-state index contributed by atoms with van der Waals surface area (Å²) in [6, 6.07) is 22.9. The molecule has 1 amide bonds. The third kappa shape index (κ3) is 5.39. The van der Waals surface area contributed by atoms with Gasteiger partial charge in [0.2, 0.25) is 0 Å². The van der Waals surface area contributed by atoms with E-state index in [0.29, 0.717) is 28.9 Å². The molecule has 190 valence electrons. The van der Waals surface area contributed by atoms with Crippen molar-refractivity contribution in [2.24, 2.45) is 5.92 Å². The summed E-state index contributed by atoms with van der Waals surface area (Å²) in [5.41, 5.74) is 3.49. The molecule has 3 N–H and O–H groups in total. The van der Waals surface area contributed by atoms with Gasteiger partial charge in [-0.15, -0.1) is 0 Å². The van der Waals surface area contributed by atoms with Crippen LogP contribution in [0.1, 0.15) is 23.3 Å². The van der Waals surface area contributed by atoms with Crippen LogP contribution in [0.25, 0.3) is 32.3 Å². The van der Waals surface area contributed by atoms with Crippen molar-refractivity contribution in [3.63, 3.8) is 0 Å². The molecule has 2 aromatic carbocycles. The number of carbonyl (C=O) groups excluding carboxylic acids is 1. The number of aromatic nitrogens is 4. The van der Waals surface area contributed by atoms with Crippen LogP contribution in [0.15, 0.2) is 79.0 Å². The summed E-state index contributed by atoms with van der Waals surface area (Å²) in [7, 11) is 0. The molecule has 0 aliphatic carbocycles. The number of para-hydroxylation sites is 1. The van der Waals surface area contributed by atoms with Crippen molar-refractivity contribution in [1.29, 1.82) is 0 Å². The molecule has 1 aliphatic heterocycles. The minimum Gasteiger partial charge on any atom is -0.370 e. The molecule has 8 nitrogen and oxygen atoms in total. The molecule has 38 heavy (non-hydrogen) atoms. The minimum atomic E-state index is -0.307. The fourth-order valence-corrected chi connectivity index (χ4v) is 5.51. The van der Waals surface area contributed by atoms with Crippen LogP contribution in [0, 0.1) is 5.92 Å². The molecule has 1 fully saturated rings. The first-order valence-electron chi connectivity index (χ1n) is 12.7. The number of rotatable bonds is 7. The monoisotopic (exact) mass is 521 g/mol. The van der Waals surface area contributed by atoms with Crippen LogP contribution in [-0.2, 0) is 0 Å². The molecule has 9 heteroatoms. The minimum absolute atomic E-state index is 0.295. The molecule has 0 saturated carbocycles. The summed E-state index contributed by atoms with van der Waals surface area (Å²) >= 11 is 1.50. The van der Waals surface area contributed by atoms with E-state index in [1.165, 1.54) is 24.2 Å². The van der Waals surface area contributed by atoms with Crippen molar-refractivity contribution in [1.82, 2.24) is 25.3 Å². The Morgan fingerprint density at radius 3 is 2.71 bits per heavy atom. The Bertz CT molecular complexity index is 1530. The Morgan fingerprint density at radius 1 is 1.00 bits per heavy atom. The van der Waals surface area contributed by atoms with Gasteiger partial charge in [0.15, 0.2) is 5.82 Å². The summed E-state index contributed by atoms with van der Waals surface area (Å²) < 4.78 is 0. The molecule has 0 spiro atoms. The number of nitrogens with one attached hydrogen (secondary N) is 3. The third-order valence-electron chi connectivity index (χ3n) is 6.53. The maximum atomic E-state index is 13.5. The fourth-order valence-electron chi connectivity index (χ4n) is 4.57. The summed E-state index contributed by atoms with van der Waals surface area (Å²) in [5, 5.41) is 10.8. The predicted octanol–water partition coefficient (Wildman–Crippen LogP) is 5.48. The predicted molar refractivity (Wildman–Crippen MR) is 152 cm³/mol. The Kier molecular flexibility index (Phi) is 7.01. The van der Waals surface area contributed by atoms with E-state index in [-0.39, 0.29) is 5.91 Å². The SMILES string of the molecule is O=C(Nc1ccccc1-c1nc2cccnc2s1)c1cc(NCC2CCCNC2)nc(-c2ccccc2)n1. The summed E-state index contributed by atoms with van der Waals surface area (Å²) in [5.74, 6) is 1.36. The van der Waals surface area contributed by atoms with Crippen molar-refractivity contribution in [3.8, 4) is 22.0 Å². The number of thiazole rings is 1. The average molecular weight is 522 g/mol. The summed E-state index contributed by atoms with van der Waals surface area (Å²) in [4.78, 5) is 32.9. The lowest BCUT2D eigenvalue weighted by molar-refractivity contribution is 0.102. The van der Waals surface area contributed by atoms with Gasteiger partial charge in [-0.2, -0.15) is 0 Å². The van der Waals surface area contributed by atoms with Gasteiger partial charge in [-0.1, -0.05) is 53.8 Å². The van der Waals surface area contributed by atoms with Crippen LogP contribution < -0.4 is 16.0 Å². The van der Waals surface area contributed by atoms with Gasteiger partial charge < -0.3 is 16.0 Å². The first-order valence-corrected chi connectivity index (χ1v) is 13.6. The molecule has 6 rings (SSSR count). The number of fused-ring (bicyclic) bond motifs is 1. The van der Waals surface area contributed by atoms with Crippen LogP contribution in [0.3, 0.4) is 0 Å². The van der Waals surface area contributed by atoms with Crippen molar-refractivity contribution in [2.45, 2.75) is 12.8 Å². The van der Waals surface area contributed by atoms with Gasteiger partial charge in [0.1, 0.15) is 26.9 Å². The van der Waals surface area contributed by atoms with Crippen LogP contribution in [0.5, 0.6) is 0 Å². The summed E-state index contributed by atoms with van der Waals surface area (Å²) in [6.45, 7) is 2.84. The van der Waals surface area contributed by atoms with Crippen LogP contribution in [-0.4, -0.2) is 45.5 Å². The highest BCUT2D eigenvalue weighted by atomic mass is 32.1. The molecular weight excluding hydrogens is 494 g/mol. The van der Waals surface area contributed by atoms with Gasteiger partial charge in [-0.3, -0.25) is 4.79 Å². The first-order chi connectivity index (χ1) is 18.7. The topological polar surface area (TPSA) is 105 Å². The van der Waals surface area contributed by atoms with E-state index in [0.717, 1.165) is 46.1 Å². The number of piperidine rings is 1. The van der Waals surface area contributed by atoms with Gasteiger partial charge in [0.05, 0.1) is 5.69 Å². The smallest absolute Gasteiger partial charge is 0.274 e. The van der Waals surface area contributed by atoms with Crippen molar-refractivity contribution in [2.75, 3.05) is 30.3 Å². The number of amides is 1. The van der Waals surface area contributed by atoms with E-state index in [9.17, 15) is 4.79 Å². The highest BCUT2D eigenvalue weighted by Crippen LogP contribution is 2.34. The molecule has 4 heterocycles. The highest BCUT2D eigenvalue weighted by Gasteiger charge is 2.18. The number of anilines is 2. The van der Waals surface area contributed by atoms with Crippen LogP contribution >= 0.6 is 11.3 Å². The van der Waals surface area contributed by atoms with Gasteiger partial charge in [0.25, 0.3) is 5.91 Å². The number of hydrogen-bond acceptors (Lipinski definition) is 8. The van der Waals surface area contributed by atoms with Crippen molar-refractivity contribution >= 4 is 39.1 Å². The van der Waals surface area contributed by atoms with Crippen molar-refractivity contribution in [3.05, 3.63) is 84.7 Å². The van der Waals surface area contributed by atoms with Crippen LogP contribution in [0.2, 0.25) is 0 Å². The Morgan fingerprint density at radius 2 is 1.87 bits per heavy atom.